The van der Waals surface area contributed by atoms with E-state index in [0.29, 0.717) is 35.8 Å². The van der Waals surface area contributed by atoms with Crippen LogP contribution in [0.3, 0.4) is 0 Å². The number of likely N-dealkylation sites (tertiary alicyclic amines) is 1. The number of nitrogens with one attached hydrogen (secondary N) is 1. The number of aryl methyl sites for hydroxylation is 2. The van der Waals surface area contributed by atoms with E-state index in [2.05, 4.69) is 10.2 Å². The van der Waals surface area contributed by atoms with Crippen LogP contribution in [0.25, 0.3) is 5.76 Å². The van der Waals surface area contributed by atoms with Gasteiger partial charge in [-0.25, -0.2) is 0 Å². The monoisotopic (exact) mass is 426 g/mol. The van der Waals surface area contributed by atoms with E-state index in [1.165, 1.54) is 4.90 Å². The highest BCUT2D eigenvalue weighted by atomic mass is 16.5. The highest BCUT2D eigenvalue weighted by molar-refractivity contribution is 6.46. The van der Waals surface area contributed by atoms with Crippen molar-refractivity contribution in [3.63, 3.8) is 0 Å². The molecule has 3 rings (SSSR count). The fourth-order valence-electron chi connectivity index (χ4n) is 3.80. The molecule has 8 nitrogen and oxygen atoms in total. The third-order valence-electron chi connectivity index (χ3n) is 5.26. The number of Topliss-reactive ketones (excluding diaryl/α,β-unsaturated/α-hetero) is 1. The second kappa shape index (κ2) is 8.93. The second-order valence-corrected chi connectivity index (χ2v) is 8.34. The molecule has 0 unspecified atom stereocenters. The first-order valence-corrected chi connectivity index (χ1v) is 10.3. The van der Waals surface area contributed by atoms with Gasteiger partial charge in [-0.3, -0.25) is 14.7 Å². The number of ketones is 1. The molecule has 0 aliphatic carbocycles. The Bertz CT molecular complexity index is 986. The number of nitrogens with zero attached hydrogens (tertiary/aromatic N) is 3. The summed E-state index contributed by atoms with van der Waals surface area (Å²) in [6.45, 7) is 8.34. The molecule has 1 aliphatic rings. The van der Waals surface area contributed by atoms with Gasteiger partial charge in [-0.1, -0.05) is 12.1 Å². The van der Waals surface area contributed by atoms with E-state index < -0.39 is 17.7 Å². The molecule has 2 aromatic rings. The summed E-state index contributed by atoms with van der Waals surface area (Å²) in [5.74, 6) is -0.814. The van der Waals surface area contributed by atoms with Crippen molar-refractivity contribution in [3.8, 4) is 5.75 Å². The molecule has 2 N–H and O–H groups in total. The lowest BCUT2D eigenvalue weighted by Crippen LogP contribution is -2.35. The average Bonchev–Trinajstić information content (AvgIpc) is 3.16. The number of rotatable bonds is 7. The van der Waals surface area contributed by atoms with Crippen LogP contribution in [0.5, 0.6) is 5.75 Å². The average molecular weight is 427 g/mol. The van der Waals surface area contributed by atoms with E-state index in [4.69, 9.17) is 4.74 Å². The van der Waals surface area contributed by atoms with Crippen LogP contribution in [0.2, 0.25) is 0 Å². The lowest BCUT2D eigenvalue weighted by atomic mass is 9.94. The first kappa shape index (κ1) is 22.6. The normalized spacial score (nSPS) is 18.5. The first-order valence-electron chi connectivity index (χ1n) is 10.3. The van der Waals surface area contributed by atoms with Crippen molar-refractivity contribution in [1.82, 2.24) is 20.0 Å². The van der Waals surface area contributed by atoms with Gasteiger partial charge in [-0.05, 0) is 59.5 Å². The molecule has 1 amide bonds. The summed E-state index contributed by atoms with van der Waals surface area (Å²) in [6.07, 6.45) is 0.0311. The Kier molecular flexibility index (Phi) is 6.50. The summed E-state index contributed by atoms with van der Waals surface area (Å²) in [4.78, 5) is 29.4. The van der Waals surface area contributed by atoms with Gasteiger partial charge < -0.3 is 19.6 Å². The molecule has 0 spiro atoms. The maximum atomic E-state index is 13.0. The van der Waals surface area contributed by atoms with E-state index >= 15 is 0 Å². The molecule has 1 atom stereocenters. The van der Waals surface area contributed by atoms with Gasteiger partial charge in [0.25, 0.3) is 11.7 Å². The van der Waals surface area contributed by atoms with Crippen molar-refractivity contribution < 1.29 is 19.4 Å². The van der Waals surface area contributed by atoms with Gasteiger partial charge in [0, 0.05) is 18.8 Å². The predicted octanol–water partition coefficient (Wildman–Crippen LogP) is 2.80. The second-order valence-electron chi connectivity index (χ2n) is 8.34. The number of aliphatic hydroxyl groups is 1. The summed E-state index contributed by atoms with van der Waals surface area (Å²) in [5, 5.41) is 18.1. The van der Waals surface area contributed by atoms with Crippen LogP contribution in [0.15, 0.2) is 29.8 Å². The molecule has 1 fully saturated rings. The molecule has 31 heavy (non-hydrogen) atoms. The first-order chi connectivity index (χ1) is 14.6. The third-order valence-corrected chi connectivity index (χ3v) is 5.26. The Morgan fingerprint density at radius 2 is 1.87 bits per heavy atom. The van der Waals surface area contributed by atoms with Gasteiger partial charge in [-0.15, -0.1) is 0 Å². The maximum absolute atomic E-state index is 13.0. The number of hydrogen-bond acceptors (Lipinski definition) is 6. The van der Waals surface area contributed by atoms with Crippen molar-refractivity contribution in [2.75, 3.05) is 27.2 Å². The summed E-state index contributed by atoms with van der Waals surface area (Å²) < 4.78 is 5.72. The highest BCUT2D eigenvalue weighted by Gasteiger charge is 2.46. The van der Waals surface area contributed by atoms with Gasteiger partial charge in [0.1, 0.15) is 11.5 Å². The number of amides is 1. The number of H-pyrrole nitrogens is 1. The number of aromatic amines is 1. The SMILES string of the molecule is Cc1n[nH]c(C)c1C(O)=C1C(=O)C(=O)N(CCN(C)C)[C@H]1c1ccc(OC(C)C)cc1. The molecule has 1 aromatic heterocycles. The Labute approximate surface area is 182 Å². The van der Waals surface area contributed by atoms with E-state index in [-0.39, 0.29) is 17.4 Å². The number of aliphatic hydroxyl groups excluding tert-OH is 1. The van der Waals surface area contributed by atoms with E-state index in [1.807, 2.05) is 57.1 Å². The van der Waals surface area contributed by atoms with Crippen molar-refractivity contribution in [3.05, 3.63) is 52.4 Å². The molecule has 166 valence electrons. The molecule has 1 saturated heterocycles. The number of likely N-dealkylation sites (N-methyl/N-ethyl adjacent to an activating group) is 1. The quantitative estimate of drug-likeness (QED) is 0.401. The molecule has 0 bridgehead atoms. The lowest BCUT2D eigenvalue weighted by Gasteiger charge is -2.26. The van der Waals surface area contributed by atoms with Gasteiger partial charge in [-0.2, -0.15) is 5.10 Å². The summed E-state index contributed by atoms with van der Waals surface area (Å²) in [7, 11) is 3.81. The van der Waals surface area contributed by atoms with E-state index in [0.717, 1.165) is 5.56 Å². The van der Waals surface area contributed by atoms with Gasteiger partial charge in [0.05, 0.1) is 29.0 Å². The Hall–Kier alpha value is -3.13. The molecule has 0 saturated carbocycles. The third kappa shape index (κ3) is 4.49. The Morgan fingerprint density at radius 3 is 2.39 bits per heavy atom. The maximum Gasteiger partial charge on any atom is 0.295 e. The zero-order valence-electron chi connectivity index (χ0n) is 18.9. The standard InChI is InChI=1S/C23H30N4O4/c1-13(2)31-17-9-7-16(8-10-17)20-19(21(28)18-14(3)24-25-15(18)4)22(29)23(30)27(20)12-11-26(5)6/h7-10,13,20,28H,11-12H2,1-6H3,(H,24,25)/t20-/m0/s1. The summed E-state index contributed by atoms with van der Waals surface area (Å²) in [5.41, 5.74) is 2.46. The van der Waals surface area contributed by atoms with Crippen LogP contribution >= 0.6 is 0 Å². The van der Waals surface area contributed by atoms with Crippen LogP contribution in [-0.4, -0.2) is 70.1 Å². The summed E-state index contributed by atoms with van der Waals surface area (Å²) in [6, 6.07) is 6.60. The zero-order chi connectivity index (χ0) is 22.9. The van der Waals surface area contributed by atoms with Crippen LogP contribution in [0, 0.1) is 13.8 Å². The largest absolute Gasteiger partial charge is 0.507 e. The van der Waals surface area contributed by atoms with Crippen LogP contribution in [0.1, 0.15) is 42.4 Å². The van der Waals surface area contributed by atoms with E-state index in [9.17, 15) is 14.7 Å². The number of hydrogen-bond donors (Lipinski definition) is 2. The smallest absolute Gasteiger partial charge is 0.295 e. The minimum atomic E-state index is -0.693. The lowest BCUT2D eigenvalue weighted by molar-refractivity contribution is -0.140. The minimum Gasteiger partial charge on any atom is -0.507 e. The van der Waals surface area contributed by atoms with Gasteiger partial charge in [0.2, 0.25) is 0 Å². The fraction of sp³-hybridized carbons (Fsp3) is 0.435. The number of aromatic nitrogens is 2. The van der Waals surface area contributed by atoms with Gasteiger partial charge in [0.15, 0.2) is 0 Å². The van der Waals surface area contributed by atoms with Crippen LogP contribution < -0.4 is 4.74 Å². The number of benzene rings is 1. The van der Waals surface area contributed by atoms with E-state index in [1.54, 1.807) is 13.8 Å². The number of carbonyl (C=O) groups excluding carboxylic acids is 2. The molecule has 1 aliphatic heterocycles. The molecule has 0 radical (unpaired) electrons. The van der Waals surface area contributed by atoms with Crippen LogP contribution in [0.4, 0.5) is 0 Å². The molecule has 2 heterocycles. The summed E-state index contributed by atoms with van der Waals surface area (Å²) >= 11 is 0. The van der Waals surface area contributed by atoms with Crippen LogP contribution in [-0.2, 0) is 9.59 Å². The zero-order valence-corrected chi connectivity index (χ0v) is 18.9. The fourth-order valence-corrected chi connectivity index (χ4v) is 3.80. The van der Waals surface area contributed by atoms with Crippen molar-refractivity contribution in [2.24, 2.45) is 0 Å². The molecular weight excluding hydrogens is 396 g/mol. The number of ether oxygens (including phenoxy) is 1. The van der Waals surface area contributed by atoms with Crippen molar-refractivity contribution in [1.29, 1.82) is 0 Å². The molecule has 1 aromatic carbocycles. The topological polar surface area (TPSA) is 98.8 Å². The number of carbonyl (C=O) groups is 2. The van der Waals surface area contributed by atoms with Crippen molar-refractivity contribution in [2.45, 2.75) is 39.8 Å². The molecular formula is C23H30N4O4. The molecule has 8 heteroatoms. The predicted molar refractivity (Wildman–Crippen MR) is 118 cm³/mol. The Balaban J connectivity index is 2.12. The highest BCUT2D eigenvalue weighted by Crippen LogP contribution is 2.40. The van der Waals surface area contributed by atoms with Gasteiger partial charge >= 0.3 is 0 Å². The minimum absolute atomic E-state index is 0.0311. The Morgan fingerprint density at radius 1 is 1.23 bits per heavy atom. The van der Waals surface area contributed by atoms with Crippen molar-refractivity contribution >= 4 is 17.4 Å².